The fraction of sp³-hybridized carbons (Fsp3) is 0.294. The number of nitrogens with zero attached hydrogens (tertiary/aromatic N) is 1. The Morgan fingerprint density at radius 3 is 2.77 bits per heavy atom. The predicted molar refractivity (Wildman–Crippen MR) is 93.6 cm³/mol. The molecule has 26 heavy (non-hydrogen) atoms. The van der Waals surface area contributed by atoms with Crippen molar-refractivity contribution in [2.45, 2.75) is 13.0 Å². The number of carbonyl (C=O) groups excluding carboxylic acids is 4. The van der Waals surface area contributed by atoms with Crippen LogP contribution in [0.5, 0.6) is 0 Å². The van der Waals surface area contributed by atoms with Gasteiger partial charge < -0.3 is 10.1 Å². The maximum absolute atomic E-state index is 13.4. The van der Waals surface area contributed by atoms with Crippen molar-refractivity contribution >= 4 is 40.9 Å². The van der Waals surface area contributed by atoms with Gasteiger partial charge >= 0.3 is 5.97 Å². The maximum Gasteiger partial charge on any atom is 0.331 e. The second-order valence-corrected chi connectivity index (χ2v) is 6.25. The zero-order valence-corrected chi connectivity index (χ0v) is 14.8. The van der Waals surface area contributed by atoms with Gasteiger partial charge in [0.25, 0.3) is 11.1 Å². The normalized spacial score (nSPS) is 15.4. The van der Waals surface area contributed by atoms with E-state index in [2.05, 4.69) is 5.32 Å². The molecule has 0 saturated carbocycles. The number of thioether (sulfide) groups is 1. The molecule has 138 valence electrons. The van der Waals surface area contributed by atoms with Crippen LogP contribution in [0.15, 0.2) is 30.3 Å². The molecule has 1 fully saturated rings. The van der Waals surface area contributed by atoms with Crippen molar-refractivity contribution in [2.75, 3.05) is 18.8 Å². The van der Waals surface area contributed by atoms with Gasteiger partial charge in [-0.2, -0.15) is 0 Å². The molecule has 0 aromatic heterocycles. The minimum atomic E-state index is -1.08. The van der Waals surface area contributed by atoms with E-state index in [9.17, 15) is 23.6 Å². The van der Waals surface area contributed by atoms with Crippen LogP contribution >= 0.6 is 11.8 Å². The second-order valence-electron chi connectivity index (χ2n) is 5.32. The standard InChI is InChI=1S/C17H17FN2O5S/c1-11(16(23)19-8-9-20-14(21)10-26-17(20)24)25-15(22)7-6-12-4-2-3-5-13(12)18/h2-7,11H,8-10H2,1H3,(H,19,23)/b7-6+/t11-/m0/s1. The predicted octanol–water partition coefficient (Wildman–Crippen LogP) is 1.58. The highest BCUT2D eigenvalue weighted by Crippen LogP contribution is 2.17. The van der Waals surface area contributed by atoms with Gasteiger partial charge in [-0.25, -0.2) is 9.18 Å². The van der Waals surface area contributed by atoms with Crippen LogP contribution in [-0.2, 0) is 19.1 Å². The molecular weight excluding hydrogens is 363 g/mol. The van der Waals surface area contributed by atoms with Gasteiger partial charge in [-0.1, -0.05) is 30.0 Å². The molecule has 7 nitrogen and oxygen atoms in total. The lowest BCUT2D eigenvalue weighted by Gasteiger charge is -2.15. The molecule has 0 spiro atoms. The molecule has 9 heteroatoms. The van der Waals surface area contributed by atoms with Gasteiger partial charge in [0.05, 0.1) is 5.75 Å². The molecule has 0 bridgehead atoms. The van der Waals surface area contributed by atoms with Crippen LogP contribution in [0.4, 0.5) is 9.18 Å². The molecular formula is C17H17FN2O5S. The third-order valence-electron chi connectivity index (χ3n) is 3.44. The monoisotopic (exact) mass is 380 g/mol. The number of rotatable bonds is 7. The van der Waals surface area contributed by atoms with Gasteiger partial charge in [0.2, 0.25) is 5.91 Å². The summed E-state index contributed by atoms with van der Waals surface area (Å²) in [7, 11) is 0. The Kier molecular flexibility index (Phi) is 6.90. The number of hydrogen-bond acceptors (Lipinski definition) is 6. The van der Waals surface area contributed by atoms with Crippen LogP contribution in [0.25, 0.3) is 6.08 Å². The van der Waals surface area contributed by atoms with Crippen molar-refractivity contribution in [2.24, 2.45) is 0 Å². The quantitative estimate of drug-likeness (QED) is 0.570. The lowest BCUT2D eigenvalue weighted by molar-refractivity contribution is -0.150. The molecule has 0 unspecified atom stereocenters. The summed E-state index contributed by atoms with van der Waals surface area (Å²) >= 11 is 0.913. The van der Waals surface area contributed by atoms with Crippen LogP contribution < -0.4 is 5.32 Å². The Labute approximate surface area is 153 Å². The summed E-state index contributed by atoms with van der Waals surface area (Å²) in [5.41, 5.74) is 0.222. The highest BCUT2D eigenvalue weighted by atomic mass is 32.2. The average molecular weight is 380 g/mol. The highest BCUT2D eigenvalue weighted by Gasteiger charge is 2.29. The van der Waals surface area contributed by atoms with Crippen LogP contribution in [0, 0.1) is 5.82 Å². The van der Waals surface area contributed by atoms with E-state index in [4.69, 9.17) is 4.74 Å². The largest absolute Gasteiger partial charge is 0.449 e. The number of ether oxygens (including phenoxy) is 1. The van der Waals surface area contributed by atoms with Gasteiger partial charge in [-0.3, -0.25) is 19.3 Å². The van der Waals surface area contributed by atoms with E-state index in [1.807, 2.05) is 0 Å². The number of benzene rings is 1. The van der Waals surface area contributed by atoms with E-state index < -0.39 is 23.8 Å². The lowest BCUT2D eigenvalue weighted by atomic mass is 10.2. The van der Waals surface area contributed by atoms with Crippen molar-refractivity contribution in [3.63, 3.8) is 0 Å². The van der Waals surface area contributed by atoms with Crippen LogP contribution in [-0.4, -0.2) is 52.9 Å². The number of halogens is 1. The summed E-state index contributed by atoms with van der Waals surface area (Å²) in [5, 5.41) is 2.14. The minimum absolute atomic E-state index is 0.0594. The molecule has 1 heterocycles. The van der Waals surface area contributed by atoms with Crippen molar-refractivity contribution < 1.29 is 28.3 Å². The molecule has 3 amide bonds. The molecule has 0 radical (unpaired) electrons. The maximum atomic E-state index is 13.4. The topological polar surface area (TPSA) is 92.8 Å². The lowest BCUT2D eigenvalue weighted by Crippen LogP contribution is -2.41. The Bertz CT molecular complexity index is 736. The molecule has 1 atom stereocenters. The Morgan fingerprint density at radius 1 is 1.38 bits per heavy atom. The summed E-state index contributed by atoms with van der Waals surface area (Å²) in [6, 6.07) is 5.90. The molecule has 1 saturated heterocycles. The second kappa shape index (κ2) is 9.14. The first-order valence-electron chi connectivity index (χ1n) is 7.76. The zero-order valence-electron chi connectivity index (χ0n) is 13.9. The van der Waals surface area contributed by atoms with Crippen molar-refractivity contribution in [1.82, 2.24) is 10.2 Å². The first kappa shape index (κ1) is 19.6. The number of amides is 3. The fourth-order valence-corrected chi connectivity index (χ4v) is 2.82. The third kappa shape index (κ3) is 5.41. The molecule has 1 aliphatic rings. The van der Waals surface area contributed by atoms with E-state index in [0.717, 1.165) is 22.7 Å². The zero-order chi connectivity index (χ0) is 19.1. The van der Waals surface area contributed by atoms with E-state index in [1.165, 1.54) is 31.2 Å². The molecule has 1 aromatic rings. The first-order chi connectivity index (χ1) is 12.4. The Balaban J connectivity index is 1.75. The van der Waals surface area contributed by atoms with E-state index in [1.54, 1.807) is 6.07 Å². The van der Waals surface area contributed by atoms with Crippen LogP contribution in [0.1, 0.15) is 12.5 Å². The molecule has 2 rings (SSSR count). The van der Waals surface area contributed by atoms with Crippen LogP contribution in [0.3, 0.4) is 0 Å². The van der Waals surface area contributed by atoms with E-state index >= 15 is 0 Å². The summed E-state index contributed by atoms with van der Waals surface area (Å²) in [6.07, 6.45) is 1.21. The number of hydrogen-bond donors (Lipinski definition) is 1. The van der Waals surface area contributed by atoms with E-state index in [-0.39, 0.29) is 35.6 Å². The number of nitrogens with one attached hydrogen (secondary N) is 1. The van der Waals surface area contributed by atoms with Crippen molar-refractivity contribution in [1.29, 1.82) is 0 Å². The smallest absolute Gasteiger partial charge is 0.331 e. The van der Waals surface area contributed by atoms with Gasteiger partial charge in [0.15, 0.2) is 6.10 Å². The summed E-state index contributed by atoms with van der Waals surface area (Å²) in [6.45, 7) is 1.50. The summed E-state index contributed by atoms with van der Waals surface area (Å²) in [4.78, 5) is 47.5. The Hall–Kier alpha value is -2.68. The highest BCUT2D eigenvalue weighted by molar-refractivity contribution is 8.14. The molecule has 0 aliphatic carbocycles. The number of carbonyl (C=O) groups is 4. The number of esters is 1. The van der Waals surface area contributed by atoms with Crippen LogP contribution in [0.2, 0.25) is 0 Å². The average Bonchev–Trinajstić information content (AvgIpc) is 2.92. The van der Waals surface area contributed by atoms with Crippen molar-refractivity contribution in [3.05, 3.63) is 41.7 Å². The van der Waals surface area contributed by atoms with Gasteiger partial charge in [-0.05, 0) is 19.1 Å². The summed E-state index contributed by atoms with van der Waals surface area (Å²) < 4.78 is 18.4. The summed E-state index contributed by atoms with van der Waals surface area (Å²) in [5.74, 6) is -2.03. The third-order valence-corrected chi connectivity index (χ3v) is 4.30. The number of imide groups is 1. The van der Waals surface area contributed by atoms with Gasteiger partial charge in [0, 0.05) is 24.7 Å². The molecule has 1 aromatic carbocycles. The first-order valence-corrected chi connectivity index (χ1v) is 8.75. The van der Waals surface area contributed by atoms with Gasteiger partial charge in [0.1, 0.15) is 5.82 Å². The van der Waals surface area contributed by atoms with E-state index in [0.29, 0.717) is 0 Å². The SMILES string of the molecule is C[C@H](OC(=O)/C=C/c1ccccc1F)C(=O)NCCN1C(=O)CSC1=O. The Morgan fingerprint density at radius 2 is 2.12 bits per heavy atom. The fourth-order valence-electron chi connectivity index (χ4n) is 2.07. The molecule has 1 aliphatic heterocycles. The molecule has 1 N–H and O–H groups in total. The van der Waals surface area contributed by atoms with Crippen molar-refractivity contribution in [3.8, 4) is 0 Å². The van der Waals surface area contributed by atoms with Gasteiger partial charge in [-0.15, -0.1) is 0 Å². The minimum Gasteiger partial charge on any atom is -0.449 e.